The van der Waals surface area contributed by atoms with Gasteiger partial charge in [-0.05, 0) is 6.42 Å². The monoisotopic (exact) mass is 290 g/mol. The van der Waals surface area contributed by atoms with Crippen molar-refractivity contribution in [1.82, 2.24) is 0 Å². The van der Waals surface area contributed by atoms with Gasteiger partial charge in [-0.15, -0.1) is 0 Å². The molecule has 0 aliphatic carbocycles. The molecule has 0 saturated carbocycles. The van der Waals surface area contributed by atoms with Gasteiger partial charge in [0.1, 0.15) is 0 Å². The molecule has 0 atom stereocenters. The Bertz CT molecular complexity index is 176. The van der Waals surface area contributed by atoms with Gasteiger partial charge in [0.05, 0.1) is 0 Å². The summed E-state index contributed by atoms with van der Waals surface area (Å²) in [5.74, 6) is -0.830. The molecule has 3 nitrogen and oxygen atoms in total. The average molecular weight is 291 g/mol. The lowest BCUT2D eigenvalue weighted by molar-refractivity contribution is -0.355. The number of hydrogen-bond donors (Lipinski definition) is 0. The summed E-state index contributed by atoms with van der Waals surface area (Å²) in [5, 5.41) is 0. The van der Waals surface area contributed by atoms with E-state index in [9.17, 15) is 0 Å². The van der Waals surface area contributed by atoms with Crippen LogP contribution in [0.15, 0.2) is 0 Å². The van der Waals surface area contributed by atoms with Crippen LogP contribution in [0.1, 0.15) is 64.2 Å². The van der Waals surface area contributed by atoms with E-state index in [1.807, 2.05) is 0 Å². The van der Waals surface area contributed by atoms with Gasteiger partial charge in [-0.25, -0.2) is 0 Å². The molecule has 0 aromatic heterocycles. The summed E-state index contributed by atoms with van der Waals surface area (Å²) in [5.41, 5.74) is 0. The first-order valence-corrected chi connectivity index (χ1v) is 9.31. The third-order valence-electron chi connectivity index (χ3n) is 3.77. The minimum absolute atomic E-state index is 0.802. The zero-order valence-corrected chi connectivity index (χ0v) is 15.5. The number of unbranched alkanes of at least 4 members (excludes halogenated alkanes) is 8. The molecular formula is C15H34O3Si. The second-order valence-corrected chi connectivity index (χ2v) is 6.23. The maximum absolute atomic E-state index is 5.28. The van der Waals surface area contributed by atoms with E-state index in [2.05, 4.69) is 0 Å². The van der Waals surface area contributed by atoms with Crippen LogP contribution >= 0.6 is 0 Å². The van der Waals surface area contributed by atoms with Crippen LogP contribution in [0.2, 0.25) is 6.04 Å². The van der Waals surface area contributed by atoms with Crippen molar-refractivity contribution in [3.8, 4) is 0 Å². The van der Waals surface area contributed by atoms with Crippen molar-refractivity contribution in [2.75, 3.05) is 21.3 Å². The lowest BCUT2D eigenvalue weighted by Gasteiger charge is -2.28. The first-order valence-electron chi connectivity index (χ1n) is 7.90. The van der Waals surface area contributed by atoms with Crippen LogP contribution in [0.4, 0.5) is 0 Å². The molecule has 0 heterocycles. The zero-order valence-electron chi connectivity index (χ0n) is 13.5. The van der Waals surface area contributed by atoms with Gasteiger partial charge in [0.25, 0.3) is 5.97 Å². The molecule has 0 aliphatic rings. The van der Waals surface area contributed by atoms with E-state index in [-0.39, 0.29) is 0 Å². The van der Waals surface area contributed by atoms with Crippen LogP contribution in [0.3, 0.4) is 0 Å². The first kappa shape index (κ1) is 19.1. The Hall–Kier alpha value is 0.0969. The van der Waals surface area contributed by atoms with E-state index in [0.29, 0.717) is 0 Å². The highest BCUT2D eigenvalue weighted by atomic mass is 28.1. The molecule has 0 radical (unpaired) electrons. The van der Waals surface area contributed by atoms with E-state index in [1.54, 1.807) is 21.3 Å². The van der Waals surface area contributed by atoms with Crippen molar-refractivity contribution in [1.29, 1.82) is 0 Å². The van der Waals surface area contributed by atoms with Gasteiger partial charge in [-0.2, -0.15) is 0 Å². The van der Waals surface area contributed by atoms with Crippen molar-refractivity contribution in [2.45, 2.75) is 76.2 Å². The quantitative estimate of drug-likeness (QED) is 0.279. The second kappa shape index (κ2) is 13.1. The fraction of sp³-hybridized carbons (Fsp3) is 1.00. The highest BCUT2D eigenvalue weighted by Crippen LogP contribution is 2.21. The van der Waals surface area contributed by atoms with E-state index < -0.39 is 5.97 Å². The third kappa shape index (κ3) is 9.60. The molecule has 0 spiro atoms. The fourth-order valence-corrected chi connectivity index (χ4v) is 2.89. The number of hydrogen-bond acceptors (Lipinski definition) is 3. The Morgan fingerprint density at radius 2 is 1.00 bits per heavy atom. The molecule has 0 fully saturated rings. The Morgan fingerprint density at radius 1 is 0.632 bits per heavy atom. The topological polar surface area (TPSA) is 27.7 Å². The van der Waals surface area contributed by atoms with E-state index >= 15 is 0 Å². The molecule has 0 aromatic carbocycles. The highest BCUT2D eigenvalue weighted by molar-refractivity contribution is 6.08. The molecule has 19 heavy (non-hydrogen) atoms. The summed E-state index contributed by atoms with van der Waals surface area (Å²) >= 11 is 0. The number of rotatable bonds is 14. The van der Waals surface area contributed by atoms with Crippen molar-refractivity contribution >= 4 is 10.2 Å². The maximum Gasteiger partial charge on any atom is 0.282 e. The molecule has 0 aliphatic heterocycles. The van der Waals surface area contributed by atoms with Crippen molar-refractivity contribution in [3.05, 3.63) is 0 Å². The predicted molar refractivity (Wildman–Crippen MR) is 84.7 cm³/mol. The molecule has 0 bridgehead atoms. The SMILES string of the molecule is COC(CCCCCCCCCCC[SiH3])(OC)OC. The van der Waals surface area contributed by atoms with Gasteiger partial charge in [-0.1, -0.05) is 57.4 Å². The lowest BCUT2D eigenvalue weighted by atomic mass is 10.1. The van der Waals surface area contributed by atoms with Gasteiger partial charge in [0, 0.05) is 38.0 Å². The van der Waals surface area contributed by atoms with E-state index in [1.165, 1.54) is 67.7 Å². The molecule has 4 heteroatoms. The van der Waals surface area contributed by atoms with Crippen molar-refractivity contribution in [3.63, 3.8) is 0 Å². The zero-order chi connectivity index (χ0) is 14.4. The van der Waals surface area contributed by atoms with Gasteiger partial charge >= 0.3 is 0 Å². The van der Waals surface area contributed by atoms with Crippen LogP contribution in [-0.2, 0) is 14.2 Å². The van der Waals surface area contributed by atoms with Gasteiger partial charge < -0.3 is 14.2 Å². The summed E-state index contributed by atoms with van der Waals surface area (Å²) in [4.78, 5) is 0. The highest BCUT2D eigenvalue weighted by Gasteiger charge is 2.28. The van der Waals surface area contributed by atoms with Gasteiger partial charge in [0.2, 0.25) is 0 Å². The predicted octanol–water partition coefficient (Wildman–Crippen LogP) is 3.26. The Morgan fingerprint density at radius 3 is 1.37 bits per heavy atom. The maximum atomic E-state index is 5.28. The minimum atomic E-state index is -0.830. The van der Waals surface area contributed by atoms with E-state index in [4.69, 9.17) is 14.2 Å². The number of ether oxygens (including phenoxy) is 3. The molecule has 0 saturated heterocycles. The second-order valence-electron chi connectivity index (χ2n) is 5.23. The normalized spacial score (nSPS) is 12.2. The Balaban J connectivity index is 3.35. The van der Waals surface area contributed by atoms with Crippen molar-refractivity contribution < 1.29 is 14.2 Å². The van der Waals surface area contributed by atoms with Crippen LogP contribution in [-0.4, -0.2) is 37.5 Å². The minimum Gasteiger partial charge on any atom is -0.331 e. The summed E-state index contributed by atoms with van der Waals surface area (Å²) in [6, 6.07) is 1.47. The molecular weight excluding hydrogens is 256 g/mol. The Labute approximate surface area is 122 Å². The fourth-order valence-electron chi connectivity index (χ4n) is 2.39. The molecule has 0 amide bonds. The molecule has 0 unspecified atom stereocenters. The van der Waals surface area contributed by atoms with Crippen LogP contribution in [0.5, 0.6) is 0 Å². The summed E-state index contributed by atoms with van der Waals surface area (Å²) in [7, 11) is 6.27. The molecule has 0 N–H and O–H groups in total. The van der Waals surface area contributed by atoms with Crippen LogP contribution < -0.4 is 0 Å². The van der Waals surface area contributed by atoms with Crippen molar-refractivity contribution in [2.24, 2.45) is 0 Å². The van der Waals surface area contributed by atoms with Gasteiger partial charge in [-0.3, -0.25) is 0 Å². The van der Waals surface area contributed by atoms with E-state index in [0.717, 1.165) is 12.8 Å². The van der Waals surface area contributed by atoms with Crippen LogP contribution in [0.25, 0.3) is 0 Å². The largest absolute Gasteiger partial charge is 0.331 e. The van der Waals surface area contributed by atoms with Gasteiger partial charge in [0.15, 0.2) is 0 Å². The lowest BCUT2D eigenvalue weighted by Crippen LogP contribution is -2.35. The standard InChI is InChI=1S/C15H34O3Si/c1-16-15(17-2,18-3)13-11-9-7-5-4-6-8-10-12-14-19/h4-14H2,1-3,19H3. The smallest absolute Gasteiger partial charge is 0.282 e. The first-order chi connectivity index (χ1) is 9.24. The summed E-state index contributed by atoms with van der Waals surface area (Å²) < 4.78 is 15.8. The average Bonchev–Trinajstić information content (AvgIpc) is 2.46. The molecule has 0 rings (SSSR count). The summed E-state index contributed by atoms with van der Waals surface area (Å²) in [6.45, 7) is 0. The molecule has 116 valence electrons. The third-order valence-corrected chi connectivity index (χ3v) is 4.48. The van der Waals surface area contributed by atoms with Crippen LogP contribution in [0, 0.1) is 0 Å². The number of methoxy groups -OCH3 is 3. The molecule has 0 aromatic rings. The Kier molecular flexibility index (Phi) is 13.2. The summed E-state index contributed by atoms with van der Waals surface area (Å²) in [6.07, 6.45) is 13.0.